The molecule has 0 saturated heterocycles. The van der Waals surface area contributed by atoms with Gasteiger partial charge in [-0.05, 0) is 67.9 Å². The van der Waals surface area contributed by atoms with E-state index in [0.717, 1.165) is 48.2 Å². The summed E-state index contributed by atoms with van der Waals surface area (Å²) in [4.78, 5) is 13.1. The van der Waals surface area contributed by atoms with Gasteiger partial charge in [-0.15, -0.1) is 0 Å². The first-order chi connectivity index (χ1) is 19.9. The second-order valence-electron chi connectivity index (χ2n) is 8.16. The molecule has 9 nitrogen and oxygen atoms in total. The van der Waals surface area contributed by atoms with E-state index in [-0.39, 0.29) is 11.5 Å². The van der Waals surface area contributed by atoms with Crippen molar-refractivity contribution in [2.24, 2.45) is 17.2 Å². The van der Waals surface area contributed by atoms with Crippen molar-refractivity contribution >= 4 is 92.3 Å². The fourth-order valence-corrected chi connectivity index (χ4v) is 3.06. The van der Waals surface area contributed by atoms with Crippen molar-refractivity contribution in [2.45, 2.75) is 39.5 Å². The molecule has 0 atom stereocenters. The number of hydrogen-bond donors (Lipinski definition) is 8. The van der Waals surface area contributed by atoms with Gasteiger partial charge >= 0.3 is 0 Å². The summed E-state index contributed by atoms with van der Waals surface area (Å²) in [5, 5.41) is 27.0. The van der Waals surface area contributed by atoms with E-state index in [2.05, 4.69) is 35.1 Å². The molecule has 2 aromatic carbocycles. The summed E-state index contributed by atoms with van der Waals surface area (Å²) < 4.78 is 0. The van der Waals surface area contributed by atoms with E-state index in [9.17, 15) is 4.79 Å². The van der Waals surface area contributed by atoms with Gasteiger partial charge in [-0.25, -0.2) is 0 Å². The van der Waals surface area contributed by atoms with Crippen molar-refractivity contribution in [1.82, 2.24) is 16.0 Å². The van der Waals surface area contributed by atoms with Gasteiger partial charge in [-0.1, -0.05) is 74.9 Å². The van der Waals surface area contributed by atoms with Gasteiger partial charge < -0.3 is 48.2 Å². The molecule has 0 amide bonds. The third kappa shape index (κ3) is 24.9. The number of phenols is 2. The van der Waals surface area contributed by atoms with Crippen LogP contribution in [-0.4, -0.2) is 67.6 Å². The first-order valence-corrected chi connectivity index (χ1v) is 15.1. The average Bonchev–Trinajstić information content (AvgIpc) is 2.96. The van der Waals surface area contributed by atoms with Crippen LogP contribution in [0.25, 0.3) is 0 Å². The van der Waals surface area contributed by atoms with Gasteiger partial charge in [0.15, 0.2) is 0 Å². The fourth-order valence-electron chi connectivity index (χ4n) is 2.33. The van der Waals surface area contributed by atoms with Gasteiger partial charge in [0.05, 0.1) is 21.5 Å². The van der Waals surface area contributed by atoms with Crippen LogP contribution in [0.4, 0.5) is 0 Å². The van der Waals surface area contributed by atoms with E-state index in [1.807, 2.05) is 6.92 Å². The van der Waals surface area contributed by atoms with E-state index in [1.54, 1.807) is 48.5 Å². The molecule has 14 heteroatoms. The van der Waals surface area contributed by atoms with Gasteiger partial charge in [-0.2, -0.15) is 0 Å². The van der Waals surface area contributed by atoms with Crippen LogP contribution in [0.15, 0.2) is 48.5 Å². The van der Waals surface area contributed by atoms with E-state index in [0.29, 0.717) is 46.0 Å². The summed E-state index contributed by atoms with van der Waals surface area (Å²) in [5.41, 5.74) is 17.3. The second kappa shape index (κ2) is 27.0. The Bertz CT molecular complexity index is 1100. The number of nitrogens with two attached hydrogens (primary N) is 3. The zero-order chi connectivity index (χ0) is 32.3. The minimum Gasteiger partial charge on any atom is -0.508 e. The van der Waals surface area contributed by atoms with Crippen molar-refractivity contribution in [2.75, 3.05) is 26.2 Å². The monoisotopic (exact) mass is 670 g/mol. The van der Waals surface area contributed by atoms with Gasteiger partial charge in [-0.3, -0.25) is 0 Å². The SMILES string of the molecule is CCC(N)=S.CCCNC(=S)CCN.NC(=S)CNC(=S)c1ccc(O)cc1.O=CCCNC(=S)c1ccc(O)cc1. The minimum absolute atomic E-state index is 0.212. The van der Waals surface area contributed by atoms with Crippen molar-refractivity contribution in [1.29, 1.82) is 0 Å². The van der Waals surface area contributed by atoms with Crippen LogP contribution in [0, 0.1) is 0 Å². The molecule has 0 unspecified atom stereocenters. The molecular formula is C28H42N6O3S5. The van der Waals surface area contributed by atoms with Gasteiger partial charge in [0, 0.05) is 37.1 Å². The standard InChI is InChI=1S/C10H11NO2S.C9H10N2OS2.C6H14N2S.C3H7NS/c12-7-1-6-11-10(14)8-2-4-9(13)5-3-8;10-8(13)5-11-9(14)6-1-3-7(12)4-2-6;1-2-5-8-6(9)3-4-7;1-2-3(4)5/h2-5,7,13H,1,6H2,(H,11,14);1-4,12H,5H2,(H2,10,13)(H,11,14);2-5,7H2,1H3,(H,8,9);2H2,1H3,(H2,4,5). The number of aldehydes is 1. The van der Waals surface area contributed by atoms with E-state index >= 15 is 0 Å². The Balaban J connectivity index is 0. The maximum absolute atomic E-state index is 10.1. The lowest BCUT2D eigenvalue weighted by atomic mass is 10.2. The number of carbonyl (C=O) groups is 1. The van der Waals surface area contributed by atoms with Crippen LogP contribution in [-0.2, 0) is 4.79 Å². The molecule has 0 saturated carbocycles. The number of carbonyl (C=O) groups excluding carboxylic acids is 1. The lowest BCUT2D eigenvalue weighted by molar-refractivity contribution is -0.107. The minimum atomic E-state index is 0.212. The molecule has 0 aliphatic heterocycles. The Morgan fingerprint density at radius 1 is 0.762 bits per heavy atom. The number of aromatic hydroxyl groups is 2. The zero-order valence-electron chi connectivity index (χ0n) is 23.9. The Kier molecular flexibility index (Phi) is 26.5. The molecule has 0 heterocycles. The van der Waals surface area contributed by atoms with E-state index in [4.69, 9.17) is 76.3 Å². The summed E-state index contributed by atoms with van der Waals surface area (Å²) in [5.74, 6) is 0.426. The number of benzene rings is 2. The highest BCUT2D eigenvalue weighted by Gasteiger charge is 2.01. The summed E-state index contributed by atoms with van der Waals surface area (Å²) in [6, 6.07) is 13.2. The van der Waals surface area contributed by atoms with Crippen LogP contribution in [0.5, 0.6) is 11.5 Å². The van der Waals surface area contributed by atoms with Crippen molar-refractivity contribution in [3.05, 3.63) is 59.7 Å². The molecule has 0 bridgehead atoms. The lowest BCUT2D eigenvalue weighted by Gasteiger charge is -2.06. The quantitative estimate of drug-likeness (QED) is 0.0937. The zero-order valence-corrected chi connectivity index (χ0v) is 28.0. The fraction of sp³-hybridized carbons (Fsp3) is 0.357. The highest BCUT2D eigenvalue weighted by Crippen LogP contribution is 2.10. The molecule has 0 aromatic heterocycles. The largest absolute Gasteiger partial charge is 0.508 e. The summed E-state index contributed by atoms with van der Waals surface area (Å²) >= 11 is 24.2. The molecular weight excluding hydrogens is 629 g/mol. The molecule has 0 radical (unpaired) electrons. The van der Waals surface area contributed by atoms with Crippen LogP contribution < -0.4 is 33.2 Å². The molecule has 0 aliphatic carbocycles. The van der Waals surface area contributed by atoms with Gasteiger partial charge in [0.25, 0.3) is 0 Å². The Morgan fingerprint density at radius 2 is 1.21 bits per heavy atom. The maximum Gasteiger partial charge on any atom is 0.121 e. The number of thiocarbonyl (C=S) groups is 5. The Labute approximate surface area is 276 Å². The lowest BCUT2D eigenvalue weighted by Crippen LogP contribution is -2.31. The third-order valence-corrected chi connectivity index (χ3v) is 6.06. The number of nitrogens with one attached hydrogen (secondary N) is 3. The van der Waals surface area contributed by atoms with Crippen LogP contribution in [0.2, 0.25) is 0 Å². The smallest absolute Gasteiger partial charge is 0.121 e. The van der Waals surface area contributed by atoms with E-state index < -0.39 is 0 Å². The Morgan fingerprint density at radius 3 is 1.57 bits per heavy atom. The normalized spacial score (nSPS) is 9.12. The number of rotatable bonds is 12. The molecule has 2 aromatic rings. The second-order valence-corrected chi connectivity index (χ2v) is 10.5. The van der Waals surface area contributed by atoms with Crippen LogP contribution in [0.3, 0.4) is 0 Å². The van der Waals surface area contributed by atoms with E-state index in [1.165, 1.54) is 0 Å². The number of phenolic OH excluding ortho intramolecular Hbond substituents is 2. The molecule has 42 heavy (non-hydrogen) atoms. The van der Waals surface area contributed by atoms with Gasteiger partial charge in [0.1, 0.15) is 27.8 Å². The van der Waals surface area contributed by atoms with Crippen molar-refractivity contribution < 1.29 is 15.0 Å². The summed E-state index contributed by atoms with van der Waals surface area (Å²) in [6.45, 7) is 6.59. The predicted molar refractivity (Wildman–Crippen MR) is 195 cm³/mol. The van der Waals surface area contributed by atoms with Crippen LogP contribution >= 0.6 is 61.1 Å². The third-order valence-electron chi connectivity index (χ3n) is 4.52. The van der Waals surface area contributed by atoms with Crippen LogP contribution in [0.1, 0.15) is 50.7 Å². The molecule has 11 N–H and O–H groups in total. The molecule has 0 fully saturated rings. The summed E-state index contributed by atoms with van der Waals surface area (Å²) in [7, 11) is 0. The summed E-state index contributed by atoms with van der Waals surface area (Å²) in [6.07, 6.45) is 4.03. The molecule has 0 aliphatic rings. The van der Waals surface area contributed by atoms with Crippen molar-refractivity contribution in [3.8, 4) is 11.5 Å². The number of hydrogen-bond acceptors (Lipinski definition) is 9. The van der Waals surface area contributed by atoms with Gasteiger partial charge in [0.2, 0.25) is 0 Å². The Hall–Kier alpha value is -2.88. The molecule has 2 rings (SSSR count). The predicted octanol–water partition coefficient (Wildman–Crippen LogP) is 3.53. The average molecular weight is 671 g/mol. The first-order valence-electron chi connectivity index (χ1n) is 13.0. The molecule has 0 spiro atoms. The van der Waals surface area contributed by atoms with Crippen molar-refractivity contribution in [3.63, 3.8) is 0 Å². The highest BCUT2D eigenvalue weighted by atomic mass is 32.1. The molecule has 232 valence electrons. The highest BCUT2D eigenvalue weighted by molar-refractivity contribution is 7.81. The first kappa shape index (κ1) is 41.3. The maximum atomic E-state index is 10.1. The topological polar surface area (TPSA) is 172 Å².